The van der Waals surface area contributed by atoms with Crippen LogP contribution in [0.5, 0.6) is 0 Å². The first-order valence-corrected chi connectivity index (χ1v) is 5.96. The molecule has 1 atom stereocenters. The lowest BCUT2D eigenvalue weighted by Gasteiger charge is -2.29. The van der Waals surface area contributed by atoms with Crippen LogP contribution in [0.1, 0.15) is 33.6 Å². The van der Waals surface area contributed by atoms with Gasteiger partial charge >= 0.3 is 0 Å². The van der Waals surface area contributed by atoms with E-state index in [1.807, 2.05) is 0 Å². The molecule has 0 unspecified atom stereocenters. The number of piperidine rings is 1. The molecular formula is C13H15ClN2O2. The fourth-order valence-electron chi connectivity index (χ4n) is 2.59. The highest BCUT2D eigenvalue weighted by molar-refractivity contribution is 6.21. The van der Waals surface area contributed by atoms with E-state index in [-0.39, 0.29) is 30.3 Å². The van der Waals surface area contributed by atoms with Crippen LogP contribution < -0.4 is 5.32 Å². The van der Waals surface area contributed by atoms with Gasteiger partial charge in [0.1, 0.15) is 0 Å². The van der Waals surface area contributed by atoms with Crippen LogP contribution in [-0.2, 0) is 0 Å². The number of rotatable bonds is 1. The van der Waals surface area contributed by atoms with Crippen LogP contribution in [-0.4, -0.2) is 35.8 Å². The first-order valence-electron chi connectivity index (χ1n) is 5.96. The lowest BCUT2D eigenvalue weighted by atomic mass is 10.1. The van der Waals surface area contributed by atoms with Crippen LogP contribution in [0.4, 0.5) is 0 Å². The van der Waals surface area contributed by atoms with Gasteiger partial charge < -0.3 is 5.32 Å². The Bertz CT molecular complexity index is 449. The molecule has 1 aromatic rings. The minimum atomic E-state index is -0.140. The highest BCUT2D eigenvalue weighted by Gasteiger charge is 2.39. The van der Waals surface area contributed by atoms with Crippen LogP contribution in [0.3, 0.4) is 0 Å². The van der Waals surface area contributed by atoms with Crippen LogP contribution in [0.2, 0.25) is 0 Å². The number of benzene rings is 1. The van der Waals surface area contributed by atoms with Crippen molar-refractivity contribution < 1.29 is 9.59 Å². The molecule has 1 N–H and O–H groups in total. The number of imide groups is 1. The Kier molecular flexibility index (Phi) is 3.68. The van der Waals surface area contributed by atoms with Crippen molar-refractivity contribution in [3.05, 3.63) is 35.4 Å². The van der Waals surface area contributed by atoms with Crippen molar-refractivity contribution in [3.8, 4) is 0 Å². The first-order chi connectivity index (χ1) is 8.29. The van der Waals surface area contributed by atoms with Crippen LogP contribution in [0.25, 0.3) is 0 Å². The first kappa shape index (κ1) is 13.1. The van der Waals surface area contributed by atoms with Gasteiger partial charge in [-0.05, 0) is 31.5 Å². The maximum Gasteiger partial charge on any atom is 0.261 e. The predicted octanol–water partition coefficient (Wildman–Crippen LogP) is 1.46. The average molecular weight is 267 g/mol. The predicted molar refractivity (Wildman–Crippen MR) is 70.1 cm³/mol. The maximum atomic E-state index is 12.2. The number of halogens is 1. The molecule has 18 heavy (non-hydrogen) atoms. The van der Waals surface area contributed by atoms with Gasteiger partial charge in [0, 0.05) is 6.54 Å². The lowest BCUT2D eigenvalue weighted by Crippen LogP contribution is -2.48. The molecule has 4 nitrogen and oxygen atoms in total. The van der Waals surface area contributed by atoms with Gasteiger partial charge in [-0.15, -0.1) is 12.4 Å². The zero-order valence-electron chi connectivity index (χ0n) is 9.89. The molecule has 1 fully saturated rings. The smallest absolute Gasteiger partial charge is 0.261 e. The van der Waals surface area contributed by atoms with Gasteiger partial charge in [0.15, 0.2) is 0 Å². The van der Waals surface area contributed by atoms with E-state index in [2.05, 4.69) is 5.32 Å². The summed E-state index contributed by atoms with van der Waals surface area (Å²) in [5.74, 6) is -0.279. The summed E-state index contributed by atoms with van der Waals surface area (Å²) >= 11 is 0. The van der Waals surface area contributed by atoms with Gasteiger partial charge in [0.25, 0.3) is 11.8 Å². The van der Waals surface area contributed by atoms with Crippen molar-refractivity contribution in [2.75, 3.05) is 13.1 Å². The van der Waals surface area contributed by atoms with Crippen molar-refractivity contribution >= 4 is 24.2 Å². The summed E-state index contributed by atoms with van der Waals surface area (Å²) in [6.07, 6.45) is 1.91. The number of carbonyl (C=O) groups excluding carboxylic acids is 2. The van der Waals surface area contributed by atoms with Crippen molar-refractivity contribution in [3.63, 3.8) is 0 Å². The van der Waals surface area contributed by atoms with E-state index in [0.29, 0.717) is 17.7 Å². The molecule has 5 heteroatoms. The number of nitrogens with one attached hydrogen (secondary N) is 1. The molecule has 2 aliphatic heterocycles. The van der Waals surface area contributed by atoms with Crippen molar-refractivity contribution in [2.24, 2.45) is 0 Å². The van der Waals surface area contributed by atoms with Gasteiger partial charge in [-0.25, -0.2) is 0 Å². The zero-order chi connectivity index (χ0) is 11.8. The molecule has 1 aromatic carbocycles. The number of nitrogens with zero attached hydrogens (tertiary/aromatic N) is 1. The summed E-state index contributed by atoms with van der Waals surface area (Å²) in [6.45, 7) is 1.69. The second kappa shape index (κ2) is 5.08. The van der Waals surface area contributed by atoms with Crippen molar-refractivity contribution in [1.29, 1.82) is 0 Å². The van der Waals surface area contributed by atoms with E-state index < -0.39 is 0 Å². The summed E-state index contributed by atoms with van der Waals surface area (Å²) < 4.78 is 0. The van der Waals surface area contributed by atoms with Crippen molar-refractivity contribution in [1.82, 2.24) is 10.2 Å². The lowest BCUT2D eigenvalue weighted by molar-refractivity contribution is 0.0561. The second-order valence-corrected chi connectivity index (χ2v) is 4.53. The standard InChI is InChI=1S/C13H14N2O2.ClH/c16-12-10-5-1-2-6-11(10)13(17)15(12)9-4-3-7-14-8-9;/h1-2,5-6,9,14H,3-4,7-8H2;1H/t9-;/m1./s1. The van der Waals surface area contributed by atoms with Crippen LogP contribution in [0.15, 0.2) is 24.3 Å². The Balaban J connectivity index is 0.00000120. The van der Waals surface area contributed by atoms with Crippen LogP contribution in [0, 0.1) is 0 Å². The van der Waals surface area contributed by atoms with E-state index in [1.165, 1.54) is 4.90 Å². The van der Waals surface area contributed by atoms with Gasteiger partial charge in [-0.1, -0.05) is 12.1 Å². The molecule has 0 aromatic heterocycles. The Labute approximate surface area is 112 Å². The van der Waals surface area contributed by atoms with Gasteiger partial charge in [-0.2, -0.15) is 0 Å². The summed E-state index contributed by atoms with van der Waals surface area (Å²) in [5.41, 5.74) is 1.09. The highest BCUT2D eigenvalue weighted by Crippen LogP contribution is 2.26. The monoisotopic (exact) mass is 266 g/mol. The zero-order valence-corrected chi connectivity index (χ0v) is 10.7. The molecule has 0 spiro atoms. The molecule has 0 saturated carbocycles. The summed E-state index contributed by atoms with van der Waals surface area (Å²) in [5, 5.41) is 3.23. The topological polar surface area (TPSA) is 49.4 Å². The van der Waals surface area contributed by atoms with E-state index in [1.54, 1.807) is 24.3 Å². The minimum absolute atomic E-state index is 0. The molecule has 0 bridgehead atoms. The molecule has 2 heterocycles. The molecular weight excluding hydrogens is 252 g/mol. The fourth-order valence-corrected chi connectivity index (χ4v) is 2.59. The Morgan fingerprint density at radius 1 is 1.11 bits per heavy atom. The van der Waals surface area contributed by atoms with Crippen molar-refractivity contribution in [2.45, 2.75) is 18.9 Å². The molecule has 0 aliphatic carbocycles. The summed E-state index contributed by atoms with van der Waals surface area (Å²) in [7, 11) is 0. The normalized spacial score (nSPS) is 22.7. The Hall–Kier alpha value is -1.39. The van der Waals surface area contributed by atoms with E-state index in [4.69, 9.17) is 0 Å². The van der Waals surface area contributed by atoms with E-state index >= 15 is 0 Å². The number of hydrogen-bond donors (Lipinski definition) is 1. The van der Waals surface area contributed by atoms with Gasteiger partial charge in [0.2, 0.25) is 0 Å². The maximum absolute atomic E-state index is 12.2. The minimum Gasteiger partial charge on any atom is -0.315 e. The molecule has 0 radical (unpaired) electrons. The van der Waals surface area contributed by atoms with E-state index in [0.717, 1.165) is 19.4 Å². The molecule has 3 rings (SSSR count). The second-order valence-electron chi connectivity index (χ2n) is 4.53. The molecule has 2 aliphatic rings. The highest BCUT2D eigenvalue weighted by atomic mass is 35.5. The number of amides is 2. The molecule has 1 saturated heterocycles. The summed E-state index contributed by atoms with van der Waals surface area (Å²) in [4.78, 5) is 25.8. The molecule has 2 amide bonds. The van der Waals surface area contributed by atoms with Gasteiger partial charge in [0.05, 0.1) is 17.2 Å². The largest absolute Gasteiger partial charge is 0.315 e. The SMILES string of the molecule is Cl.O=C1c2ccccc2C(=O)N1[C@@H]1CCCNC1. The van der Waals surface area contributed by atoms with Crippen LogP contribution >= 0.6 is 12.4 Å². The number of hydrogen-bond acceptors (Lipinski definition) is 3. The average Bonchev–Trinajstić information content (AvgIpc) is 2.64. The molecule has 96 valence electrons. The Morgan fingerprint density at radius 2 is 1.72 bits per heavy atom. The Morgan fingerprint density at radius 3 is 2.22 bits per heavy atom. The summed E-state index contributed by atoms with van der Waals surface area (Å²) in [6, 6.07) is 7.06. The quantitative estimate of drug-likeness (QED) is 0.783. The van der Waals surface area contributed by atoms with E-state index in [9.17, 15) is 9.59 Å². The fraction of sp³-hybridized carbons (Fsp3) is 0.385. The third-order valence-electron chi connectivity index (χ3n) is 3.46. The van der Waals surface area contributed by atoms with Gasteiger partial charge in [-0.3, -0.25) is 14.5 Å². The third kappa shape index (κ3) is 1.91. The third-order valence-corrected chi connectivity index (χ3v) is 3.46. The number of fused-ring (bicyclic) bond motifs is 1. The number of carbonyl (C=O) groups is 2.